The van der Waals surface area contributed by atoms with Crippen LogP contribution in [0.15, 0.2) is 152 Å². The van der Waals surface area contributed by atoms with E-state index < -0.39 is 0 Å². The minimum Gasteiger partial charge on any atom is -0.319 e. The van der Waals surface area contributed by atoms with Gasteiger partial charge in [0.15, 0.2) is 0 Å². The molecule has 2 heterocycles. The molecule has 0 unspecified atom stereocenters. The summed E-state index contributed by atoms with van der Waals surface area (Å²) in [5.74, 6) is 0. The predicted octanol–water partition coefficient (Wildman–Crippen LogP) is 12.2. The summed E-state index contributed by atoms with van der Waals surface area (Å²) in [6.07, 6.45) is 0. The second-order valence-electron chi connectivity index (χ2n) is 12.3. The normalized spacial score (nSPS) is 11.1. The van der Waals surface area contributed by atoms with E-state index in [0.29, 0.717) is 16.9 Å². The van der Waals surface area contributed by atoms with Crippen LogP contribution in [0, 0.1) is 24.5 Å². The Bertz CT molecular complexity index is 2920. The first-order valence-corrected chi connectivity index (χ1v) is 16.2. The molecule has 0 bridgehead atoms. The zero-order chi connectivity index (χ0) is 33.8. The largest absolute Gasteiger partial charge is 0.319 e. The first-order chi connectivity index (χ1) is 24.7. The highest BCUT2D eigenvalue weighted by atomic mass is 15.0. The lowest BCUT2D eigenvalue weighted by atomic mass is 9.97. The molecule has 0 aliphatic carbocycles. The Morgan fingerprint density at radius 1 is 0.480 bits per heavy atom. The molecule has 0 amide bonds. The van der Waals surface area contributed by atoms with Crippen LogP contribution in [-0.4, -0.2) is 9.13 Å². The maximum atomic E-state index is 9.63. The minimum atomic E-state index is 0.557. The van der Waals surface area contributed by atoms with E-state index in [1.807, 2.05) is 66.7 Å². The number of rotatable bonds is 4. The molecule has 9 rings (SSSR count). The van der Waals surface area contributed by atoms with Crippen molar-refractivity contribution in [1.29, 1.82) is 5.26 Å². The molecule has 5 heteroatoms. The third-order valence-electron chi connectivity index (χ3n) is 9.57. The molecule has 5 nitrogen and oxygen atoms in total. The number of benzene rings is 7. The molecule has 9 aromatic rings. The second-order valence-corrected chi connectivity index (χ2v) is 12.3. The number of nitrogens with zero attached hydrogens (tertiary/aromatic N) is 5. The van der Waals surface area contributed by atoms with Gasteiger partial charge in [0.1, 0.15) is 0 Å². The maximum Gasteiger partial charge on any atom is 0.211 e. The Morgan fingerprint density at radius 2 is 1.08 bits per heavy atom. The summed E-state index contributed by atoms with van der Waals surface area (Å²) in [6, 6.07) is 53.2. The van der Waals surface area contributed by atoms with Gasteiger partial charge in [0.2, 0.25) is 11.4 Å². The molecule has 0 spiro atoms. The molecule has 50 heavy (non-hydrogen) atoms. The summed E-state index contributed by atoms with van der Waals surface area (Å²) in [5, 5.41) is 13.8. The van der Waals surface area contributed by atoms with E-state index in [9.17, 15) is 5.26 Å². The predicted molar refractivity (Wildman–Crippen MR) is 203 cm³/mol. The Labute approximate surface area is 288 Å². The number of hydrogen-bond donors (Lipinski definition) is 0. The van der Waals surface area contributed by atoms with Crippen LogP contribution in [0.5, 0.6) is 0 Å². The van der Waals surface area contributed by atoms with Crippen molar-refractivity contribution in [3.05, 3.63) is 180 Å². The van der Waals surface area contributed by atoms with Gasteiger partial charge in [-0.2, -0.15) is 5.26 Å². The summed E-state index contributed by atoms with van der Waals surface area (Å²) in [6.45, 7) is 16.1. The van der Waals surface area contributed by atoms with Gasteiger partial charge in [0, 0.05) is 21.8 Å². The van der Waals surface area contributed by atoms with E-state index in [1.165, 1.54) is 0 Å². The van der Waals surface area contributed by atoms with Gasteiger partial charge in [-0.05, 0) is 76.2 Å². The van der Waals surface area contributed by atoms with Crippen LogP contribution in [0.2, 0.25) is 0 Å². The van der Waals surface area contributed by atoms with Crippen LogP contribution in [0.4, 0.5) is 11.4 Å². The van der Waals surface area contributed by atoms with Crippen molar-refractivity contribution in [2.24, 2.45) is 0 Å². The number of hydrogen-bond acceptors (Lipinski definition) is 1. The molecule has 0 atom stereocenters. The summed E-state index contributed by atoms with van der Waals surface area (Å²) in [7, 11) is 0. The van der Waals surface area contributed by atoms with Crippen molar-refractivity contribution < 1.29 is 0 Å². The zero-order valence-electron chi connectivity index (χ0n) is 26.7. The third-order valence-corrected chi connectivity index (χ3v) is 9.57. The Kier molecular flexibility index (Phi) is 6.56. The molecular weight excluding hydrogens is 611 g/mol. The van der Waals surface area contributed by atoms with E-state index in [1.54, 1.807) is 0 Å². The molecule has 230 valence electrons. The van der Waals surface area contributed by atoms with E-state index >= 15 is 0 Å². The SMILES string of the molecule is [C-]#[N+]c1cccc(-c2cccc(-c3cccc(-n4c5ccc(C#N)cc5c5cccc([N+]#[C-])c54)c3)c2)c1-n1c2ccccc2c2ccccc21. The van der Waals surface area contributed by atoms with E-state index in [4.69, 9.17) is 13.1 Å². The number of para-hydroxylation sites is 4. The van der Waals surface area contributed by atoms with Gasteiger partial charge in [-0.25, -0.2) is 9.69 Å². The Hall–Kier alpha value is -7.39. The maximum absolute atomic E-state index is 9.63. The van der Waals surface area contributed by atoms with Gasteiger partial charge in [0.25, 0.3) is 0 Å². The molecule has 0 aliphatic heterocycles. The van der Waals surface area contributed by atoms with E-state index in [2.05, 4.69) is 110 Å². The molecule has 0 fully saturated rings. The van der Waals surface area contributed by atoms with Gasteiger partial charge in [-0.3, -0.25) is 0 Å². The van der Waals surface area contributed by atoms with Crippen molar-refractivity contribution in [3.63, 3.8) is 0 Å². The van der Waals surface area contributed by atoms with Crippen LogP contribution in [-0.2, 0) is 0 Å². The molecule has 0 saturated heterocycles. The van der Waals surface area contributed by atoms with Crippen molar-refractivity contribution in [3.8, 4) is 39.7 Å². The fourth-order valence-corrected chi connectivity index (χ4v) is 7.42. The van der Waals surface area contributed by atoms with Gasteiger partial charge < -0.3 is 9.13 Å². The lowest BCUT2D eigenvalue weighted by molar-refractivity contribution is 1.18. The molecule has 0 radical (unpaired) electrons. The summed E-state index contributed by atoms with van der Waals surface area (Å²) in [4.78, 5) is 7.88. The highest BCUT2D eigenvalue weighted by molar-refractivity contribution is 6.14. The third kappa shape index (κ3) is 4.31. The summed E-state index contributed by atoms with van der Waals surface area (Å²) in [5.41, 5.74) is 11.4. The first-order valence-electron chi connectivity index (χ1n) is 16.2. The van der Waals surface area contributed by atoms with E-state index in [0.717, 1.165) is 77.2 Å². The quantitative estimate of drug-likeness (QED) is 0.177. The fraction of sp³-hybridized carbons (Fsp3) is 0. The number of fused-ring (bicyclic) bond motifs is 6. The highest BCUT2D eigenvalue weighted by Crippen LogP contribution is 2.42. The van der Waals surface area contributed by atoms with Gasteiger partial charge in [-0.1, -0.05) is 103 Å². The molecule has 0 saturated carbocycles. The second kappa shape index (κ2) is 11.4. The lowest BCUT2D eigenvalue weighted by Gasteiger charge is -2.17. The van der Waals surface area contributed by atoms with Gasteiger partial charge in [-0.15, -0.1) is 0 Å². The molecule has 7 aromatic carbocycles. The zero-order valence-corrected chi connectivity index (χ0v) is 26.7. The summed E-state index contributed by atoms with van der Waals surface area (Å²) >= 11 is 0. The average molecular weight is 636 g/mol. The number of nitriles is 1. The first kappa shape index (κ1) is 28.8. The monoisotopic (exact) mass is 635 g/mol. The molecule has 0 N–H and O–H groups in total. The fourth-order valence-electron chi connectivity index (χ4n) is 7.42. The van der Waals surface area contributed by atoms with Crippen molar-refractivity contribution in [1.82, 2.24) is 9.13 Å². The van der Waals surface area contributed by atoms with Gasteiger partial charge >= 0.3 is 0 Å². The standard InChI is InChI=1S/C45H25N5/c1-47-39-19-9-17-34(44(39)50-41-21-5-3-15-35(41)36-16-4-6-22-42(36)50)32-13-7-11-30(26-32)31-12-8-14-33(27-31)49-43-24-23-29(28-46)25-38(43)37-18-10-20-40(48-2)45(37)49/h3-27H. The molecule has 2 aromatic heterocycles. The molecule has 0 aliphatic rings. The van der Waals surface area contributed by atoms with Crippen LogP contribution in [0.25, 0.3) is 86.9 Å². The van der Waals surface area contributed by atoms with Crippen LogP contribution >= 0.6 is 0 Å². The van der Waals surface area contributed by atoms with Crippen LogP contribution in [0.1, 0.15) is 5.56 Å². The van der Waals surface area contributed by atoms with Crippen LogP contribution in [0.3, 0.4) is 0 Å². The molecular formula is C45H25N5. The van der Waals surface area contributed by atoms with Crippen LogP contribution < -0.4 is 0 Å². The van der Waals surface area contributed by atoms with E-state index in [-0.39, 0.29) is 0 Å². The smallest absolute Gasteiger partial charge is 0.211 e. The Balaban J connectivity index is 1.24. The average Bonchev–Trinajstić information content (AvgIpc) is 3.70. The van der Waals surface area contributed by atoms with Crippen molar-refractivity contribution in [2.75, 3.05) is 0 Å². The Morgan fingerprint density at radius 3 is 1.82 bits per heavy atom. The highest BCUT2D eigenvalue weighted by Gasteiger charge is 2.20. The topological polar surface area (TPSA) is 42.4 Å². The lowest BCUT2D eigenvalue weighted by Crippen LogP contribution is -1.98. The number of aromatic nitrogens is 2. The summed E-state index contributed by atoms with van der Waals surface area (Å²) < 4.78 is 4.36. The minimum absolute atomic E-state index is 0.557. The van der Waals surface area contributed by atoms with Crippen molar-refractivity contribution >= 4 is 55.0 Å². The van der Waals surface area contributed by atoms with Gasteiger partial charge in [0.05, 0.1) is 52.5 Å². The van der Waals surface area contributed by atoms with Crippen molar-refractivity contribution in [2.45, 2.75) is 0 Å².